The minimum Gasteiger partial charge on any atom is -0.456 e. The molecule has 17 heavy (non-hydrogen) atoms. The molecule has 0 spiro atoms. The van der Waals surface area contributed by atoms with Gasteiger partial charge in [0.2, 0.25) is 0 Å². The van der Waals surface area contributed by atoms with Crippen LogP contribution in [-0.2, 0) is 20.9 Å². The van der Waals surface area contributed by atoms with Crippen LogP contribution in [0.5, 0.6) is 0 Å². The molecule has 1 aromatic rings. The second kappa shape index (κ2) is 5.64. The Bertz CT molecular complexity index is 397. The summed E-state index contributed by atoms with van der Waals surface area (Å²) in [6.45, 7) is 3.00. The van der Waals surface area contributed by atoms with Gasteiger partial charge in [0.05, 0.1) is 13.2 Å². The molecule has 1 aliphatic heterocycles. The summed E-state index contributed by atoms with van der Waals surface area (Å²) >= 11 is 0. The van der Waals surface area contributed by atoms with Crippen LogP contribution in [0.2, 0.25) is 0 Å². The van der Waals surface area contributed by atoms with Crippen LogP contribution >= 0.6 is 0 Å². The lowest BCUT2D eigenvalue weighted by molar-refractivity contribution is -0.150. The first kappa shape index (κ1) is 11.9. The van der Waals surface area contributed by atoms with Gasteiger partial charge in [-0.05, 0) is 5.56 Å². The smallest absolute Gasteiger partial charge is 0.330 e. The number of esters is 1. The predicted octanol–water partition coefficient (Wildman–Crippen LogP) is 2.32. The lowest BCUT2D eigenvalue weighted by Gasteiger charge is -2.24. The van der Waals surface area contributed by atoms with E-state index in [1.165, 1.54) is 6.08 Å². The topological polar surface area (TPSA) is 35.5 Å². The van der Waals surface area contributed by atoms with Crippen molar-refractivity contribution >= 4 is 5.97 Å². The molecular weight excluding hydrogens is 216 g/mol. The third-order valence-corrected chi connectivity index (χ3v) is 2.78. The van der Waals surface area contributed by atoms with Crippen molar-refractivity contribution < 1.29 is 14.3 Å². The van der Waals surface area contributed by atoms with Crippen molar-refractivity contribution in [3.63, 3.8) is 0 Å². The van der Waals surface area contributed by atoms with Crippen molar-refractivity contribution in [2.75, 3.05) is 6.61 Å². The first-order valence-electron chi connectivity index (χ1n) is 5.76. The lowest BCUT2D eigenvalue weighted by atomic mass is 10.0. The summed E-state index contributed by atoms with van der Waals surface area (Å²) in [7, 11) is 0. The van der Waals surface area contributed by atoms with Crippen LogP contribution in [0.1, 0.15) is 12.5 Å². The van der Waals surface area contributed by atoms with E-state index < -0.39 is 0 Å². The van der Waals surface area contributed by atoms with E-state index >= 15 is 0 Å². The predicted molar refractivity (Wildman–Crippen MR) is 64.3 cm³/mol. The molecule has 0 saturated heterocycles. The number of benzene rings is 1. The molecular formula is C14H16O3. The van der Waals surface area contributed by atoms with Gasteiger partial charge < -0.3 is 9.47 Å². The molecule has 0 fully saturated rings. The Hall–Kier alpha value is -1.61. The van der Waals surface area contributed by atoms with E-state index in [2.05, 4.69) is 0 Å². The highest BCUT2D eigenvalue weighted by Gasteiger charge is 2.23. The first-order valence-corrected chi connectivity index (χ1v) is 5.76. The van der Waals surface area contributed by atoms with Gasteiger partial charge in [-0.1, -0.05) is 43.3 Å². The third kappa shape index (κ3) is 3.43. The van der Waals surface area contributed by atoms with Gasteiger partial charge in [0.25, 0.3) is 0 Å². The Morgan fingerprint density at radius 1 is 1.29 bits per heavy atom. The fourth-order valence-corrected chi connectivity index (χ4v) is 1.70. The highest BCUT2D eigenvalue weighted by atomic mass is 16.6. The number of rotatable bonds is 4. The number of ether oxygens (including phenoxy) is 2. The normalized spacial score (nSPS) is 23.5. The molecule has 1 aliphatic rings. The van der Waals surface area contributed by atoms with Crippen molar-refractivity contribution in [3.05, 3.63) is 48.0 Å². The highest BCUT2D eigenvalue weighted by Crippen LogP contribution is 2.15. The van der Waals surface area contributed by atoms with Crippen molar-refractivity contribution in [1.82, 2.24) is 0 Å². The van der Waals surface area contributed by atoms with Crippen molar-refractivity contribution in [2.45, 2.75) is 19.6 Å². The maximum absolute atomic E-state index is 11.1. The molecule has 0 aromatic heterocycles. The molecule has 90 valence electrons. The second-order valence-corrected chi connectivity index (χ2v) is 4.19. The molecule has 1 heterocycles. The van der Waals surface area contributed by atoms with Gasteiger partial charge in [0, 0.05) is 12.0 Å². The van der Waals surface area contributed by atoms with E-state index in [1.807, 2.05) is 43.3 Å². The van der Waals surface area contributed by atoms with Gasteiger partial charge in [-0.25, -0.2) is 4.79 Å². The van der Waals surface area contributed by atoms with Crippen molar-refractivity contribution in [2.24, 2.45) is 5.92 Å². The third-order valence-electron chi connectivity index (χ3n) is 2.78. The first-order chi connectivity index (χ1) is 8.25. The molecule has 0 saturated carbocycles. The summed E-state index contributed by atoms with van der Waals surface area (Å²) in [6, 6.07) is 9.95. The average Bonchev–Trinajstić information content (AvgIpc) is 2.35. The summed E-state index contributed by atoms with van der Waals surface area (Å²) in [5.74, 6) is -0.0696. The zero-order chi connectivity index (χ0) is 12.1. The number of hydrogen-bond acceptors (Lipinski definition) is 3. The highest BCUT2D eigenvalue weighted by molar-refractivity contribution is 5.82. The van der Waals surface area contributed by atoms with Gasteiger partial charge in [-0.15, -0.1) is 0 Å². The summed E-state index contributed by atoms with van der Waals surface area (Å²) in [5.41, 5.74) is 1.12. The maximum atomic E-state index is 11.1. The van der Waals surface area contributed by atoms with Crippen LogP contribution < -0.4 is 0 Å². The second-order valence-electron chi connectivity index (χ2n) is 4.19. The number of cyclic esters (lactones) is 1. The maximum Gasteiger partial charge on any atom is 0.330 e. The summed E-state index contributed by atoms with van der Waals surface area (Å²) in [6.07, 6.45) is 3.16. The minimum absolute atomic E-state index is 0.170. The van der Waals surface area contributed by atoms with Crippen LogP contribution in [0.4, 0.5) is 0 Å². The molecule has 0 N–H and O–H groups in total. The number of carbonyl (C=O) groups is 1. The largest absolute Gasteiger partial charge is 0.456 e. The van der Waals surface area contributed by atoms with Gasteiger partial charge in [0.15, 0.2) is 0 Å². The van der Waals surface area contributed by atoms with Gasteiger partial charge >= 0.3 is 5.97 Å². The van der Waals surface area contributed by atoms with E-state index in [-0.39, 0.29) is 18.0 Å². The van der Waals surface area contributed by atoms with Crippen LogP contribution in [0.3, 0.4) is 0 Å². The standard InChI is InChI=1S/C14H16O3/c1-11-7-8-14(15)17-13(11)10-16-9-12-5-3-2-4-6-12/h2-8,11,13H,9-10H2,1H3/t11-,13-/m0/s1. The van der Waals surface area contributed by atoms with Crippen LogP contribution in [0.25, 0.3) is 0 Å². The summed E-state index contributed by atoms with van der Waals surface area (Å²) in [5, 5.41) is 0. The quantitative estimate of drug-likeness (QED) is 0.747. The average molecular weight is 232 g/mol. The Labute approximate surface area is 101 Å². The van der Waals surface area contributed by atoms with Crippen molar-refractivity contribution in [3.8, 4) is 0 Å². The summed E-state index contributed by atoms with van der Waals surface area (Å²) < 4.78 is 10.8. The zero-order valence-corrected chi connectivity index (χ0v) is 9.84. The van der Waals surface area contributed by atoms with Gasteiger partial charge in [0.1, 0.15) is 6.10 Å². The Kier molecular flexibility index (Phi) is 3.94. The number of carbonyl (C=O) groups excluding carboxylic acids is 1. The fraction of sp³-hybridized carbons (Fsp3) is 0.357. The molecule has 3 nitrogen and oxygen atoms in total. The van der Waals surface area contributed by atoms with E-state index in [0.29, 0.717) is 13.2 Å². The molecule has 2 rings (SSSR count). The van der Waals surface area contributed by atoms with Gasteiger partial charge in [-0.2, -0.15) is 0 Å². The Morgan fingerprint density at radius 3 is 2.82 bits per heavy atom. The SMILES string of the molecule is C[C@H]1C=CC(=O)O[C@H]1COCc1ccccc1. The van der Waals surface area contributed by atoms with E-state index in [0.717, 1.165) is 5.56 Å². The van der Waals surface area contributed by atoms with Crippen LogP contribution in [-0.4, -0.2) is 18.7 Å². The molecule has 0 amide bonds. The molecule has 1 aromatic carbocycles. The van der Waals surface area contributed by atoms with Crippen LogP contribution in [0.15, 0.2) is 42.5 Å². The molecule has 0 aliphatic carbocycles. The van der Waals surface area contributed by atoms with Gasteiger partial charge in [-0.3, -0.25) is 0 Å². The minimum atomic E-state index is -0.281. The molecule has 3 heteroatoms. The molecule has 0 bridgehead atoms. The molecule has 0 radical (unpaired) electrons. The Morgan fingerprint density at radius 2 is 2.06 bits per heavy atom. The fourth-order valence-electron chi connectivity index (χ4n) is 1.70. The van der Waals surface area contributed by atoms with E-state index in [1.54, 1.807) is 0 Å². The molecule has 0 unspecified atom stereocenters. The zero-order valence-electron chi connectivity index (χ0n) is 9.84. The van der Waals surface area contributed by atoms with E-state index in [9.17, 15) is 4.79 Å². The Balaban J connectivity index is 1.79. The monoisotopic (exact) mass is 232 g/mol. The van der Waals surface area contributed by atoms with Crippen LogP contribution in [0, 0.1) is 5.92 Å². The van der Waals surface area contributed by atoms with Crippen molar-refractivity contribution in [1.29, 1.82) is 0 Å². The number of hydrogen-bond donors (Lipinski definition) is 0. The van der Waals surface area contributed by atoms with E-state index in [4.69, 9.17) is 9.47 Å². The summed E-state index contributed by atoms with van der Waals surface area (Å²) in [4.78, 5) is 11.1. The lowest BCUT2D eigenvalue weighted by Crippen LogP contribution is -2.31. The molecule has 2 atom stereocenters.